The van der Waals surface area contributed by atoms with Gasteiger partial charge in [-0.2, -0.15) is 0 Å². The van der Waals surface area contributed by atoms with E-state index in [4.69, 9.17) is 5.11 Å². The molecule has 88 valence electrons. The van der Waals surface area contributed by atoms with Crippen LogP contribution in [0.1, 0.15) is 15.4 Å². The monoisotopic (exact) mass is 281 g/mol. The summed E-state index contributed by atoms with van der Waals surface area (Å²) in [4.78, 5) is 6.69. The number of thiophene rings is 1. The van der Waals surface area contributed by atoms with E-state index < -0.39 is 0 Å². The maximum Gasteiger partial charge on any atom is 0.150 e. The van der Waals surface area contributed by atoms with E-state index >= 15 is 0 Å². The summed E-state index contributed by atoms with van der Waals surface area (Å²) in [6, 6.07) is 4.08. The highest BCUT2D eigenvalue weighted by atomic mass is 32.2. The molecule has 0 aromatic carbocycles. The van der Waals surface area contributed by atoms with Crippen LogP contribution in [0.3, 0.4) is 0 Å². The van der Waals surface area contributed by atoms with Gasteiger partial charge in [0.25, 0.3) is 0 Å². The molecule has 0 spiro atoms. The van der Waals surface area contributed by atoms with Crippen LogP contribution in [-0.4, -0.2) is 16.7 Å². The Balaban J connectivity index is 1.93. The zero-order chi connectivity index (χ0) is 12.1. The molecule has 0 fully saturated rings. The fourth-order valence-corrected chi connectivity index (χ4v) is 3.96. The Morgan fingerprint density at radius 1 is 1.47 bits per heavy atom. The maximum absolute atomic E-state index is 8.61. The minimum atomic E-state index is -0.0830. The summed E-state index contributed by atoms with van der Waals surface area (Å²) in [6.07, 6.45) is 0. The fraction of sp³-hybridized carbons (Fsp3) is 0.250. The van der Waals surface area contributed by atoms with Gasteiger partial charge in [0.1, 0.15) is 10.9 Å². The van der Waals surface area contributed by atoms with Gasteiger partial charge in [0.05, 0.1) is 4.88 Å². The molecule has 0 aliphatic heterocycles. The van der Waals surface area contributed by atoms with Crippen LogP contribution in [0.2, 0.25) is 0 Å². The average Bonchev–Trinajstić information content (AvgIpc) is 2.93. The first-order valence-electron chi connectivity index (χ1n) is 5.01. The lowest BCUT2D eigenvalue weighted by atomic mass is 10.4. The van der Waals surface area contributed by atoms with Crippen molar-refractivity contribution >= 4 is 34.4 Å². The van der Waals surface area contributed by atoms with Gasteiger partial charge in [-0.3, -0.25) is 0 Å². The summed E-state index contributed by atoms with van der Waals surface area (Å²) in [6.45, 7) is 1.93. The topological polar surface area (TPSA) is 33.1 Å². The summed E-state index contributed by atoms with van der Waals surface area (Å²) >= 11 is 5.11. The third kappa shape index (κ3) is 3.86. The SMILES string of the molecule is Cc1csc(SCc2ccc(C#CCO)s2)n1. The molecule has 0 aliphatic carbocycles. The molecule has 0 radical (unpaired) electrons. The van der Waals surface area contributed by atoms with Gasteiger partial charge in [-0.15, -0.1) is 22.7 Å². The maximum atomic E-state index is 8.61. The van der Waals surface area contributed by atoms with E-state index in [1.807, 2.05) is 13.0 Å². The van der Waals surface area contributed by atoms with E-state index in [0.717, 1.165) is 20.7 Å². The predicted octanol–water partition coefficient (Wildman–Crippen LogP) is 3.15. The number of aliphatic hydroxyl groups is 1. The average molecular weight is 281 g/mol. The van der Waals surface area contributed by atoms with E-state index in [1.165, 1.54) is 4.88 Å². The number of aliphatic hydroxyl groups excluding tert-OH is 1. The van der Waals surface area contributed by atoms with Crippen LogP contribution in [0.25, 0.3) is 0 Å². The van der Waals surface area contributed by atoms with Crippen molar-refractivity contribution in [3.8, 4) is 11.8 Å². The Morgan fingerprint density at radius 3 is 3.06 bits per heavy atom. The van der Waals surface area contributed by atoms with Crippen molar-refractivity contribution in [2.75, 3.05) is 6.61 Å². The first-order valence-corrected chi connectivity index (χ1v) is 7.69. The van der Waals surface area contributed by atoms with Gasteiger partial charge in [-0.1, -0.05) is 23.6 Å². The zero-order valence-electron chi connectivity index (χ0n) is 9.27. The first-order chi connectivity index (χ1) is 8.28. The molecule has 2 nitrogen and oxygen atoms in total. The number of aryl methyl sites for hydroxylation is 1. The number of hydrogen-bond acceptors (Lipinski definition) is 5. The Bertz CT molecular complexity index is 547. The molecule has 1 N–H and O–H groups in total. The van der Waals surface area contributed by atoms with Crippen molar-refractivity contribution < 1.29 is 5.11 Å². The molecule has 17 heavy (non-hydrogen) atoms. The standard InChI is InChI=1S/C12H11NOS3/c1-9-7-15-12(13-9)16-8-11-5-4-10(17-11)3-2-6-14/h4-5,7,14H,6,8H2,1H3. The van der Waals surface area contributed by atoms with E-state index in [2.05, 4.69) is 28.3 Å². The number of aromatic nitrogens is 1. The molecule has 2 rings (SSSR count). The summed E-state index contributed by atoms with van der Waals surface area (Å²) in [7, 11) is 0. The lowest BCUT2D eigenvalue weighted by molar-refractivity contribution is 0.350. The van der Waals surface area contributed by atoms with Gasteiger partial charge in [0.2, 0.25) is 0 Å². The molecule has 5 heteroatoms. The van der Waals surface area contributed by atoms with E-state index in [9.17, 15) is 0 Å². The normalized spacial score (nSPS) is 10.0. The van der Waals surface area contributed by atoms with Crippen LogP contribution in [0, 0.1) is 18.8 Å². The van der Waals surface area contributed by atoms with Crippen LogP contribution >= 0.6 is 34.4 Å². The zero-order valence-corrected chi connectivity index (χ0v) is 11.7. The van der Waals surface area contributed by atoms with Crippen LogP contribution in [0.15, 0.2) is 21.9 Å². The minimum Gasteiger partial charge on any atom is -0.384 e. The summed E-state index contributed by atoms with van der Waals surface area (Å²) in [5.74, 6) is 6.50. The van der Waals surface area contributed by atoms with Crippen molar-refractivity contribution in [2.45, 2.75) is 17.0 Å². The van der Waals surface area contributed by atoms with Gasteiger partial charge in [0.15, 0.2) is 0 Å². The van der Waals surface area contributed by atoms with Crippen LogP contribution in [0.4, 0.5) is 0 Å². The third-order valence-electron chi connectivity index (χ3n) is 1.89. The Labute approximate surface area is 113 Å². The van der Waals surface area contributed by atoms with Crippen molar-refractivity contribution in [1.82, 2.24) is 4.98 Å². The van der Waals surface area contributed by atoms with Crippen LogP contribution in [-0.2, 0) is 5.75 Å². The van der Waals surface area contributed by atoms with E-state index in [0.29, 0.717) is 0 Å². The lowest BCUT2D eigenvalue weighted by Gasteiger charge is -1.92. The van der Waals surface area contributed by atoms with E-state index in [1.54, 1.807) is 34.4 Å². The molecule has 0 saturated heterocycles. The summed E-state index contributed by atoms with van der Waals surface area (Å²) < 4.78 is 1.11. The van der Waals surface area contributed by atoms with Crippen molar-refractivity contribution in [1.29, 1.82) is 0 Å². The highest BCUT2D eigenvalue weighted by Gasteiger charge is 2.02. The number of thioether (sulfide) groups is 1. The minimum absolute atomic E-state index is 0.0830. The molecule has 2 heterocycles. The molecular formula is C12H11NOS3. The molecule has 0 saturated carbocycles. The number of nitrogens with zero attached hydrogens (tertiary/aromatic N) is 1. The first kappa shape index (κ1) is 12.7. The second-order valence-corrected chi connectivity index (χ2v) is 6.52. The molecule has 0 bridgehead atoms. The Morgan fingerprint density at radius 2 is 2.35 bits per heavy atom. The largest absolute Gasteiger partial charge is 0.384 e. The molecule has 2 aromatic rings. The molecular weight excluding hydrogens is 270 g/mol. The second kappa shape index (κ2) is 6.22. The van der Waals surface area contributed by atoms with Gasteiger partial charge in [-0.25, -0.2) is 4.98 Å². The van der Waals surface area contributed by atoms with Crippen molar-refractivity contribution in [3.05, 3.63) is 33.0 Å². The van der Waals surface area contributed by atoms with Gasteiger partial charge >= 0.3 is 0 Å². The van der Waals surface area contributed by atoms with Crippen LogP contribution in [0.5, 0.6) is 0 Å². The fourth-order valence-electron chi connectivity index (χ4n) is 1.18. The molecule has 0 atom stereocenters. The van der Waals surface area contributed by atoms with Crippen molar-refractivity contribution in [3.63, 3.8) is 0 Å². The lowest BCUT2D eigenvalue weighted by Crippen LogP contribution is -1.74. The number of rotatable bonds is 3. The second-order valence-electron chi connectivity index (χ2n) is 3.27. The number of thiazole rings is 1. The third-order valence-corrected chi connectivity index (χ3v) is 5.26. The van der Waals surface area contributed by atoms with E-state index in [-0.39, 0.29) is 6.61 Å². The van der Waals surface area contributed by atoms with Crippen LogP contribution < -0.4 is 0 Å². The Kier molecular flexibility index (Phi) is 4.63. The predicted molar refractivity (Wildman–Crippen MR) is 74.7 cm³/mol. The molecule has 0 amide bonds. The molecule has 0 aliphatic rings. The highest BCUT2D eigenvalue weighted by molar-refractivity contribution is 8.00. The quantitative estimate of drug-likeness (QED) is 0.693. The molecule has 0 unspecified atom stereocenters. The van der Waals surface area contributed by atoms with Crippen molar-refractivity contribution in [2.24, 2.45) is 0 Å². The highest BCUT2D eigenvalue weighted by Crippen LogP contribution is 2.28. The van der Waals surface area contributed by atoms with Gasteiger partial charge in [0, 0.05) is 21.7 Å². The summed E-state index contributed by atoms with van der Waals surface area (Å²) in [5, 5.41) is 10.7. The number of hydrogen-bond donors (Lipinski definition) is 1. The van der Waals surface area contributed by atoms with Gasteiger partial charge < -0.3 is 5.11 Å². The smallest absolute Gasteiger partial charge is 0.150 e. The Hall–Kier alpha value is -0.800. The summed E-state index contributed by atoms with van der Waals surface area (Å²) in [5.41, 5.74) is 1.08. The molecule has 2 aromatic heterocycles. The van der Waals surface area contributed by atoms with Gasteiger partial charge in [-0.05, 0) is 19.1 Å².